The SMILES string of the molecule is C=C(O)Cc1c(C)c2c(c(C)c1-c1ccc(C)cc1)-c1ccccc1CN2SC.CC(C)(C)O.CCCC. The second kappa shape index (κ2) is 13.9. The van der Waals surface area contributed by atoms with Gasteiger partial charge in [0.25, 0.3) is 0 Å². The van der Waals surface area contributed by atoms with Gasteiger partial charge in [0.2, 0.25) is 0 Å². The summed E-state index contributed by atoms with van der Waals surface area (Å²) >= 11 is 1.75. The van der Waals surface area contributed by atoms with E-state index in [1.807, 2.05) is 0 Å². The van der Waals surface area contributed by atoms with E-state index in [9.17, 15) is 5.11 Å². The molecule has 0 aromatic heterocycles. The molecule has 3 nitrogen and oxygen atoms in total. The van der Waals surface area contributed by atoms with Gasteiger partial charge in [-0.15, -0.1) is 0 Å². The molecule has 1 heterocycles. The number of benzene rings is 3. The minimum Gasteiger partial charge on any atom is -0.513 e. The molecule has 0 fully saturated rings. The first-order chi connectivity index (χ1) is 17.8. The Morgan fingerprint density at radius 1 is 0.921 bits per heavy atom. The zero-order valence-corrected chi connectivity index (χ0v) is 25.7. The van der Waals surface area contributed by atoms with Gasteiger partial charge in [-0.05, 0) is 80.5 Å². The Morgan fingerprint density at radius 2 is 1.47 bits per heavy atom. The topological polar surface area (TPSA) is 43.7 Å². The molecule has 2 N–H and O–H groups in total. The zero-order chi connectivity index (χ0) is 28.6. The first-order valence-electron chi connectivity index (χ1n) is 13.6. The van der Waals surface area contributed by atoms with Gasteiger partial charge in [0.1, 0.15) is 0 Å². The fourth-order valence-electron chi connectivity index (χ4n) is 4.52. The molecule has 0 unspecified atom stereocenters. The van der Waals surface area contributed by atoms with Crippen LogP contribution in [-0.4, -0.2) is 22.1 Å². The number of fused-ring (bicyclic) bond motifs is 3. The maximum absolute atomic E-state index is 10.1. The molecular weight excluding hydrogens is 486 g/mol. The van der Waals surface area contributed by atoms with Crippen molar-refractivity contribution >= 4 is 17.6 Å². The fraction of sp³-hybridized carbons (Fsp3) is 0.412. The number of aryl methyl sites for hydroxylation is 1. The Bertz CT molecular complexity index is 1210. The summed E-state index contributed by atoms with van der Waals surface area (Å²) in [6, 6.07) is 17.4. The first kappa shape index (κ1) is 31.5. The highest BCUT2D eigenvalue weighted by Crippen LogP contribution is 2.50. The summed E-state index contributed by atoms with van der Waals surface area (Å²) in [5.41, 5.74) is 12.0. The van der Waals surface area contributed by atoms with Gasteiger partial charge in [-0.2, -0.15) is 0 Å². The summed E-state index contributed by atoms with van der Waals surface area (Å²) in [7, 11) is 0. The van der Waals surface area contributed by atoms with E-state index in [-0.39, 0.29) is 5.76 Å². The highest BCUT2D eigenvalue weighted by molar-refractivity contribution is 7.99. The van der Waals surface area contributed by atoms with Crippen LogP contribution in [0.4, 0.5) is 5.69 Å². The number of aliphatic hydroxyl groups is 2. The molecule has 0 bridgehead atoms. The number of hydrogen-bond donors (Lipinski definition) is 2. The van der Waals surface area contributed by atoms with Crippen LogP contribution in [0.2, 0.25) is 0 Å². The summed E-state index contributed by atoms with van der Waals surface area (Å²) < 4.78 is 2.38. The molecule has 0 aliphatic carbocycles. The average molecular weight is 534 g/mol. The van der Waals surface area contributed by atoms with Crippen molar-refractivity contribution in [2.24, 2.45) is 0 Å². The normalized spacial score (nSPS) is 11.9. The Labute approximate surface area is 235 Å². The van der Waals surface area contributed by atoms with Gasteiger partial charge in [-0.1, -0.05) is 99.3 Å². The van der Waals surface area contributed by atoms with Crippen LogP contribution in [0.1, 0.15) is 75.3 Å². The molecule has 0 atom stereocenters. The highest BCUT2D eigenvalue weighted by Gasteiger charge is 2.29. The number of nitrogens with zero attached hydrogens (tertiary/aromatic N) is 1. The number of allylic oxidation sites excluding steroid dienone is 1. The third-order valence-corrected chi connectivity index (χ3v) is 7.14. The average Bonchev–Trinajstić information content (AvgIpc) is 2.86. The van der Waals surface area contributed by atoms with Crippen molar-refractivity contribution in [2.75, 3.05) is 10.6 Å². The van der Waals surface area contributed by atoms with Crippen LogP contribution in [0.15, 0.2) is 60.9 Å². The molecule has 3 aromatic carbocycles. The second-order valence-corrected chi connectivity index (χ2v) is 11.8. The van der Waals surface area contributed by atoms with E-state index in [1.165, 1.54) is 63.0 Å². The lowest BCUT2D eigenvalue weighted by molar-refractivity contribution is 0.102. The third kappa shape index (κ3) is 8.15. The van der Waals surface area contributed by atoms with E-state index in [1.54, 1.807) is 32.7 Å². The van der Waals surface area contributed by atoms with Crippen LogP contribution in [0.5, 0.6) is 0 Å². The third-order valence-electron chi connectivity index (χ3n) is 6.39. The van der Waals surface area contributed by atoms with Crippen molar-refractivity contribution in [1.82, 2.24) is 0 Å². The molecule has 38 heavy (non-hydrogen) atoms. The lowest BCUT2D eigenvalue weighted by atomic mass is 9.81. The fourth-order valence-corrected chi connectivity index (χ4v) is 5.19. The van der Waals surface area contributed by atoms with Gasteiger partial charge in [0, 0.05) is 18.2 Å². The van der Waals surface area contributed by atoms with Gasteiger partial charge in [-0.25, -0.2) is 0 Å². The zero-order valence-electron chi connectivity index (χ0n) is 24.9. The van der Waals surface area contributed by atoms with Crippen molar-refractivity contribution in [3.8, 4) is 22.3 Å². The summed E-state index contributed by atoms with van der Waals surface area (Å²) in [6.45, 7) is 20.8. The molecule has 0 amide bonds. The van der Waals surface area contributed by atoms with E-state index in [4.69, 9.17) is 5.11 Å². The number of aliphatic hydroxyl groups excluding tert-OH is 1. The molecule has 3 aromatic rings. The van der Waals surface area contributed by atoms with Crippen LogP contribution in [-0.2, 0) is 13.0 Å². The molecule has 4 rings (SSSR count). The number of hydrogen-bond acceptors (Lipinski definition) is 4. The van der Waals surface area contributed by atoms with Crippen molar-refractivity contribution < 1.29 is 10.2 Å². The molecule has 0 spiro atoms. The Balaban J connectivity index is 0.000000489. The summed E-state index contributed by atoms with van der Waals surface area (Å²) in [5, 5.41) is 18.6. The molecule has 0 saturated carbocycles. The Kier molecular flexibility index (Phi) is 11.5. The quantitative estimate of drug-likeness (QED) is 0.253. The lowest BCUT2D eigenvalue weighted by Gasteiger charge is -2.35. The van der Waals surface area contributed by atoms with Crippen LogP contribution in [0.3, 0.4) is 0 Å². The monoisotopic (exact) mass is 533 g/mol. The van der Waals surface area contributed by atoms with Gasteiger partial charge < -0.3 is 14.5 Å². The van der Waals surface area contributed by atoms with Gasteiger partial charge >= 0.3 is 0 Å². The van der Waals surface area contributed by atoms with Crippen molar-refractivity contribution in [2.45, 2.75) is 86.8 Å². The van der Waals surface area contributed by atoms with E-state index < -0.39 is 5.60 Å². The number of anilines is 1. The number of rotatable bonds is 5. The maximum atomic E-state index is 10.1. The van der Waals surface area contributed by atoms with Crippen LogP contribution in [0, 0.1) is 20.8 Å². The minimum atomic E-state index is -0.500. The molecular formula is C34H47NO2S. The van der Waals surface area contributed by atoms with Crippen LogP contribution in [0.25, 0.3) is 22.3 Å². The maximum Gasteiger partial charge on any atom is 0.0895 e. The molecule has 0 radical (unpaired) electrons. The standard InChI is InChI=1S/C26H27NOS.C4H10O.C4H10/c1-16-10-12-20(13-11-16)24-19(4)25-22-9-7-6-8-21(22)15-27(29-5)26(25)18(3)23(24)14-17(2)28;1-4(2,3)5;1-3-4-2/h6-13,28H,2,14-15H2,1,3-5H3;5H,1-3H3;3-4H2,1-2H3. The molecule has 1 aliphatic heterocycles. The smallest absolute Gasteiger partial charge is 0.0895 e. The highest BCUT2D eigenvalue weighted by atomic mass is 32.2. The predicted molar refractivity (Wildman–Crippen MR) is 169 cm³/mol. The molecule has 1 aliphatic rings. The number of unbranched alkanes of at least 4 members (excludes halogenated alkanes) is 1. The van der Waals surface area contributed by atoms with Gasteiger partial charge in [0.15, 0.2) is 0 Å². The molecule has 4 heteroatoms. The summed E-state index contributed by atoms with van der Waals surface area (Å²) in [6.07, 6.45) is 5.23. The predicted octanol–water partition coefficient (Wildman–Crippen LogP) is 9.74. The van der Waals surface area contributed by atoms with E-state index in [0.29, 0.717) is 6.42 Å². The summed E-state index contributed by atoms with van der Waals surface area (Å²) in [4.78, 5) is 0. The van der Waals surface area contributed by atoms with Crippen LogP contribution < -0.4 is 4.31 Å². The molecule has 206 valence electrons. The van der Waals surface area contributed by atoms with Gasteiger partial charge in [-0.3, -0.25) is 0 Å². The Hall–Kier alpha value is -2.69. The largest absolute Gasteiger partial charge is 0.513 e. The van der Waals surface area contributed by atoms with E-state index in [0.717, 1.165) is 12.1 Å². The van der Waals surface area contributed by atoms with Crippen molar-refractivity contribution in [3.63, 3.8) is 0 Å². The second-order valence-electron chi connectivity index (χ2n) is 11.0. The van der Waals surface area contributed by atoms with E-state index >= 15 is 0 Å². The minimum absolute atomic E-state index is 0.202. The van der Waals surface area contributed by atoms with Crippen molar-refractivity contribution in [1.29, 1.82) is 0 Å². The Morgan fingerprint density at radius 3 is 1.97 bits per heavy atom. The van der Waals surface area contributed by atoms with Crippen molar-refractivity contribution in [3.05, 3.63) is 88.7 Å². The molecule has 0 saturated heterocycles. The summed E-state index contributed by atoms with van der Waals surface area (Å²) in [5.74, 6) is 0.202. The lowest BCUT2D eigenvalue weighted by Crippen LogP contribution is -2.22. The van der Waals surface area contributed by atoms with E-state index in [2.05, 4.69) is 100 Å². The van der Waals surface area contributed by atoms with Crippen LogP contribution >= 0.6 is 11.9 Å². The first-order valence-corrected chi connectivity index (χ1v) is 14.7. The van der Waals surface area contributed by atoms with Gasteiger partial charge in [0.05, 0.1) is 23.6 Å².